The number of rotatable bonds is 6. The molecule has 0 amide bonds. The molecule has 2 aliphatic heterocycles. The predicted octanol–water partition coefficient (Wildman–Crippen LogP) is 5.37. The number of benzene rings is 1. The molecule has 1 N–H and O–H groups in total. The largest absolute Gasteiger partial charge is 0.369 e. The van der Waals surface area contributed by atoms with Crippen LogP contribution in [0.5, 0.6) is 0 Å². The number of hydrogen-bond donors (Lipinski definition) is 1. The van der Waals surface area contributed by atoms with E-state index in [0.29, 0.717) is 18.1 Å². The first-order valence-corrected chi connectivity index (χ1v) is 14.0. The van der Waals surface area contributed by atoms with E-state index < -0.39 is 0 Å². The van der Waals surface area contributed by atoms with Gasteiger partial charge in [-0.15, -0.1) is 0 Å². The molecule has 0 spiro atoms. The number of nitrogens with one attached hydrogen (secondary N) is 1. The Morgan fingerprint density at radius 2 is 1.84 bits per heavy atom. The molecular formula is C30H40N8. The summed E-state index contributed by atoms with van der Waals surface area (Å²) in [6, 6.07) is 8.26. The molecule has 1 aromatic carbocycles. The van der Waals surface area contributed by atoms with Crippen molar-refractivity contribution in [1.82, 2.24) is 34.5 Å². The lowest BCUT2D eigenvalue weighted by Crippen LogP contribution is -2.31. The summed E-state index contributed by atoms with van der Waals surface area (Å²) in [5.74, 6) is 0. The summed E-state index contributed by atoms with van der Waals surface area (Å²) in [6.07, 6.45) is 12.8. The van der Waals surface area contributed by atoms with E-state index in [2.05, 4.69) is 83.8 Å². The van der Waals surface area contributed by atoms with Gasteiger partial charge in [-0.3, -0.25) is 4.68 Å². The Morgan fingerprint density at radius 1 is 1.03 bits per heavy atom. The molecule has 38 heavy (non-hydrogen) atoms. The van der Waals surface area contributed by atoms with Crippen LogP contribution in [-0.4, -0.2) is 81.4 Å². The van der Waals surface area contributed by atoms with Gasteiger partial charge in [0, 0.05) is 53.4 Å². The lowest BCUT2D eigenvalue weighted by Gasteiger charge is -2.28. The van der Waals surface area contributed by atoms with Gasteiger partial charge in [-0.25, -0.2) is 9.97 Å². The number of anilines is 1. The number of piperidine rings is 1. The van der Waals surface area contributed by atoms with Crippen LogP contribution in [0.15, 0.2) is 43.0 Å². The van der Waals surface area contributed by atoms with E-state index in [1.807, 2.05) is 18.6 Å². The van der Waals surface area contributed by atoms with Crippen LogP contribution in [0.3, 0.4) is 0 Å². The maximum Gasteiger partial charge on any atom is 0.156 e. The first kappa shape index (κ1) is 25.1. The molecule has 2 aliphatic rings. The van der Waals surface area contributed by atoms with Crippen molar-refractivity contribution >= 4 is 16.9 Å². The van der Waals surface area contributed by atoms with Crippen molar-refractivity contribution in [3.05, 3.63) is 48.5 Å². The molecule has 0 bridgehead atoms. The molecule has 200 valence electrons. The van der Waals surface area contributed by atoms with E-state index in [-0.39, 0.29) is 0 Å². The standard InChI is InChI=1S/C30H40N8/c1-20-7-6-10-37(20)26-14-22(21(2)35(3)4)13-23(15-26)28-18-32-30-29(34-28)27(17-31-30)24-16-33-38(19-24)25-8-11-36(5)12-9-25/h13-21,25H,6-12H2,1-5H3,(H,31,32)/t20-,21?/m1/s1. The Balaban J connectivity index is 1.37. The minimum atomic E-state index is 0.302. The van der Waals surface area contributed by atoms with E-state index >= 15 is 0 Å². The van der Waals surface area contributed by atoms with Crippen molar-refractivity contribution in [2.45, 2.75) is 57.7 Å². The Hall–Kier alpha value is -3.23. The average molecular weight is 513 g/mol. The highest BCUT2D eigenvalue weighted by atomic mass is 15.3. The third kappa shape index (κ3) is 4.71. The van der Waals surface area contributed by atoms with Crippen LogP contribution in [-0.2, 0) is 0 Å². The lowest BCUT2D eigenvalue weighted by atomic mass is 10.0. The van der Waals surface area contributed by atoms with Crippen LogP contribution < -0.4 is 4.90 Å². The molecular weight excluding hydrogens is 472 g/mol. The van der Waals surface area contributed by atoms with E-state index in [0.717, 1.165) is 66.0 Å². The van der Waals surface area contributed by atoms with Crippen molar-refractivity contribution in [2.24, 2.45) is 0 Å². The number of H-pyrrole nitrogens is 1. The quantitative estimate of drug-likeness (QED) is 0.375. The minimum absolute atomic E-state index is 0.302. The van der Waals surface area contributed by atoms with Gasteiger partial charge in [-0.05, 0) is 97.5 Å². The third-order valence-corrected chi connectivity index (χ3v) is 8.73. The SMILES string of the molecule is CC(c1cc(-c2cnc3[nH]cc(-c4cnn(C5CCN(C)CC5)c4)c3n2)cc(N2CCC[C@H]2C)c1)N(C)C. The fraction of sp³-hybridized carbons (Fsp3) is 0.500. The topological polar surface area (TPSA) is 69.1 Å². The highest BCUT2D eigenvalue weighted by molar-refractivity contribution is 5.91. The molecule has 5 heterocycles. The van der Waals surface area contributed by atoms with Gasteiger partial charge in [0.25, 0.3) is 0 Å². The summed E-state index contributed by atoms with van der Waals surface area (Å²) in [5, 5.41) is 4.74. The number of fused-ring (bicyclic) bond motifs is 1. The maximum absolute atomic E-state index is 5.18. The van der Waals surface area contributed by atoms with E-state index in [4.69, 9.17) is 15.1 Å². The third-order valence-electron chi connectivity index (χ3n) is 8.73. The fourth-order valence-electron chi connectivity index (χ4n) is 5.99. The van der Waals surface area contributed by atoms with Crippen molar-refractivity contribution in [2.75, 3.05) is 45.7 Å². The summed E-state index contributed by atoms with van der Waals surface area (Å²) >= 11 is 0. The summed E-state index contributed by atoms with van der Waals surface area (Å²) < 4.78 is 2.15. The second-order valence-corrected chi connectivity index (χ2v) is 11.5. The normalized spacial score (nSPS) is 20.2. The number of likely N-dealkylation sites (tertiary alicyclic amines) is 1. The molecule has 8 heteroatoms. The van der Waals surface area contributed by atoms with Crippen LogP contribution in [0.25, 0.3) is 33.5 Å². The fourth-order valence-corrected chi connectivity index (χ4v) is 5.99. The number of hydrogen-bond acceptors (Lipinski definition) is 6. The van der Waals surface area contributed by atoms with Crippen LogP contribution in [0.4, 0.5) is 5.69 Å². The molecule has 1 unspecified atom stereocenters. The van der Waals surface area contributed by atoms with Crippen molar-refractivity contribution in [3.63, 3.8) is 0 Å². The van der Waals surface area contributed by atoms with Crippen LogP contribution in [0, 0.1) is 0 Å². The molecule has 8 nitrogen and oxygen atoms in total. The second-order valence-electron chi connectivity index (χ2n) is 11.5. The highest BCUT2D eigenvalue weighted by Gasteiger charge is 2.24. The van der Waals surface area contributed by atoms with Crippen molar-refractivity contribution < 1.29 is 0 Å². The van der Waals surface area contributed by atoms with E-state index in [1.165, 1.54) is 24.1 Å². The summed E-state index contributed by atoms with van der Waals surface area (Å²) in [7, 11) is 6.47. The molecule has 2 fully saturated rings. The van der Waals surface area contributed by atoms with Gasteiger partial charge in [0.05, 0.1) is 24.1 Å². The van der Waals surface area contributed by atoms with E-state index in [9.17, 15) is 0 Å². The zero-order chi connectivity index (χ0) is 26.4. The average Bonchev–Trinajstić information content (AvgIpc) is 3.67. The maximum atomic E-state index is 5.18. The summed E-state index contributed by atoms with van der Waals surface area (Å²) in [5.41, 5.74) is 8.46. The molecule has 2 saturated heterocycles. The smallest absolute Gasteiger partial charge is 0.156 e. The predicted molar refractivity (Wildman–Crippen MR) is 154 cm³/mol. The zero-order valence-corrected chi connectivity index (χ0v) is 23.4. The van der Waals surface area contributed by atoms with E-state index in [1.54, 1.807) is 0 Å². The summed E-state index contributed by atoms with van der Waals surface area (Å²) in [4.78, 5) is 20.5. The van der Waals surface area contributed by atoms with Crippen molar-refractivity contribution in [1.29, 1.82) is 0 Å². The first-order valence-electron chi connectivity index (χ1n) is 14.0. The van der Waals surface area contributed by atoms with Gasteiger partial charge in [-0.2, -0.15) is 5.10 Å². The van der Waals surface area contributed by atoms with Crippen LogP contribution in [0.2, 0.25) is 0 Å². The van der Waals surface area contributed by atoms with Gasteiger partial charge in [-0.1, -0.05) is 0 Å². The first-order chi connectivity index (χ1) is 18.4. The molecule has 0 saturated carbocycles. The van der Waals surface area contributed by atoms with Gasteiger partial charge in [0.15, 0.2) is 5.65 Å². The molecule has 2 atom stereocenters. The Kier molecular flexibility index (Phi) is 6.70. The molecule has 4 aromatic rings. The molecule has 3 aromatic heterocycles. The van der Waals surface area contributed by atoms with Crippen LogP contribution in [0.1, 0.15) is 57.2 Å². The zero-order valence-electron chi connectivity index (χ0n) is 23.4. The van der Waals surface area contributed by atoms with Gasteiger partial charge >= 0.3 is 0 Å². The molecule has 0 radical (unpaired) electrons. The monoisotopic (exact) mass is 512 g/mol. The highest BCUT2D eigenvalue weighted by Crippen LogP contribution is 2.35. The molecule has 0 aliphatic carbocycles. The van der Waals surface area contributed by atoms with Crippen molar-refractivity contribution in [3.8, 4) is 22.4 Å². The Bertz CT molecular complexity index is 1410. The number of nitrogens with zero attached hydrogens (tertiary/aromatic N) is 7. The Morgan fingerprint density at radius 3 is 2.58 bits per heavy atom. The lowest BCUT2D eigenvalue weighted by molar-refractivity contribution is 0.212. The Labute approximate surface area is 225 Å². The van der Waals surface area contributed by atoms with Gasteiger partial charge < -0.3 is 19.7 Å². The minimum Gasteiger partial charge on any atom is -0.369 e. The second kappa shape index (κ2) is 10.2. The summed E-state index contributed by atoms with van der Waals surface area (Å²) in [6.45, 7) is 7.93. The van der Waals surface area contributed by atoms with Gasteiger partial charge in [0.1, 0.15) is 5.52 Å². The van der Waals surface area contributed by atoms with Gasteiger partial charge in [0.2, 0.25) is 0 Å². The number of aromatic amines is 1. The van der Waals surface area contributed by atoms with Crippen LogP contribution >= 0.6 is 0 Å². The number of aromatic nitrogens is 5. The molecule has 6 rings (SSSR count).